The maximum Gasteiger partial charge on any atom is 1.00 e. The predicted octanol–water partition coefficient (Wildman–Crippen LogP) is -1.07. The van der Waals surface area contributed by atoms with E-state index in [0.29, 0.717) is 4.32 Å². The van der Waals surface area contributed by atoms with Crippen molar-refractivity contribution in [3.8, 4) is 0 Å². The Balaban J connectivity index is 0.000001000. The molecule has 1 nitrogen and oxygen atoms in total. The number of benzene rings is 1. The van der Waals surface area contributed by atoms with Crippen LogP contribution < -0.4 is 34.9 Å². The second kappa shape index (κ2) is 5.91. The van der Waals surface area contributed by atoms with E-state index < -0.39 is 0 Å². The summed E-state index contributed by atoms with van der Waals surface area (Å²) >= 11 is 9.36. The number of anilines is 1. The van der Waals surface area contributed by atoms with Gasteiger partial charge in [0.15, 0.2) is 0 Å². The zero-order valence-corrected chi connectivity index (χ0v) is 9.84. The Labute approximate surface area is 99.3 Å². The van der Waals surface area contributed by atoms with Crippen LogP contribution in [0.2, 0.25) is 0 Å². The molecule has 0 atom stereocenters. The second-order valence-electron chi connectivity index (χ2n) is 1.78. The third-order valence-electron chi connectivity index (χ3n) is 1.02. The molecule has 1 N–H and O–H groups in total. The van der Waals surface area contributed by atoms with Gasteiger partial charge in [-0.15, -0.1) is 0 Å². The molecule has 11 heavy (non-hydrogen) atoms. The minimum absolute atomic E-state index is 0. The molecule has 4 heteroatoms. The van der Waals surface area contributed by atoms with Crippen LogP contribution in [0.5, 0.6) is 0 Å². The van der Waals surface area contributed by atoms with E-state index in [2.05, 4.69) is 30.2 Å². The summed E-state index contributed by atoms with van der Waals surface area (Å²) in [5, 5.41) is 2.85. The number of rotatable bonds is 1. The first-order chi connectivity index (χ1) is 4.79. The predicted molar refractivity (Wildman–Crippen MR) is 50.0 cm³/mol. The molecule has 0 aromatic heterocycles. The van der Waals surface area contributed by atoms with Crippen LogP contribution in [0, 0.1) is 0 Å². The molecule has 0 amide bonds. The fraction of sp³-hybridized carbons (Fsp3) is 0. The Hall–Kier alpha value is 0.330. The van der Waals surface area contributed by atoms with Gasteiger partial charge in [-0.3, -0.25) is 0 Å². The van der Waals surface area contributed by atoms with E-state index in [9.17, 15) is 0 Å². The van der Waals surface area contributed by atoms with E-state index in [-0.39, 0.29) is 29.6 Å². The van der Waals surface area contributed by atoms with Crippen LogP contribution in [0.25, 0.3) is 0 Å². The third-order valence-corrected chi connectivity index (χ3v) is 1.22. The average molecular weight is 191 g/mol. The van der Waals surface area contributed by atoms with Crippen molar-refractivity contribution in [1.29, 1.82) is 0 Å². The number of nitrogens with one attached hydrogen (secondary N) is 1. The molecule has 0 unspecified atom stereocenters. The molecule has 52 valence electrons. The Bertz CT molecular complexity index is 225. The molecular formula is C7H6NNaS2. The molecule has 0 spiro atoms. The van der Waals surface area contributed by atoms with Crippen molar-refractivity contribution in [3.63, 3.8) is 0 Å². The summed E-state index contributed by atoms with van der Waals surface area (Å²) in [4.78, 5) is 0. The van der Waals surface area contributed by atoms with Gasteiger partial charge in [0.05, 0.1) is 0 Å². The molecule has 0 bridgehead atoms. The summed E-state index contributed by atoms with van der Waals surface area (Å²) in [6, 6.07) is 9.63. The van der Waals surface area contributed by atoms with Crippen LogP contribution in [0.15, 0.2) is 30.3 Å². The molecule has 0 aliphatic rings. The molecule has 0 radical (unpaired) electrons. The van der Waals surface area contributed by atoms with Gasteiger partial charge in [-0.25, -0.2) is 0 Å². The van der Waals surface area contributed by atoms with Gasteiger partial charge >= 0.3 is 29.6 Å². The normalized spacial score (nSPS) is 8.00. The first-order valence-corrected chi connectivity index (χ1v) is 3.64. The first kappa shape index (κ1) is 11.3. The van der Waals surface area contributed by atoms with E-state index in [1.165, 1.54) is 0 Å². The van der Waals surface area contributed by atoms with Crippen LogP contribution in [-0.4, -0.2) is 4.32 Å². The summed E-state index contributed by atoms with van der Waals surface area (Å²) in [6.07, 6.45) is 0. The standard InChI is InChI=1S/C7H7NS2.Na/c9-7(10)8-6-4-2-1-3-5-6;/h1-5H,(H2,8,9,10);/q;+1/p-1. The average Bonchev–Trinajstić information content (AvgIpc) is 1.88. The second-order valence-corrected chi connectivity index (χ2v) is 2.85. The van der Waals surface area contributed by atoms with Gasteiger partial charge in [-0.05, 0) is 12.1 Å². The molecule has 0 saturated heterocycles. The van der Waals surface area contributed by atoms with E-state index in [1.54, 1.807) is 0 Å². The maximum absolute atomic E-state index is 4.68. The van der Waals surface area contributed by atoms with Gasteiger partial charge < -0.3 is 30.2 Å². The van der Waals surface area contributed by atoms with Crippen molar-refractivity contribution in [3.05, 3.63) is 30.3 Å². The summed E-state index contributed by atoms with van der Waals surface area (Å²) < 4.78 is 0.381. The Kier molecular flexibility index (Phi) is 6.09. The van der Waals surface area contributed by atoms with Gasteiger partial charge in [0.2, 0.25) is 0 Å². The molecule has 0 aliphatic carbocycles. The molecule has 1 aromatic rings. The van der Waals surface area contributed by atoms with E-state index >= 15 is 0 Å². The number of hydrogen-bond acceptors (Lipinski definition) is 2. The zero-order chi connectivity index (χ0) is 7.40. The minimum atomic E-state index is 0. The molecule has 0 fully saturated rings. The van der Waals surface area contributed by atoms with Crippen molar-refractivity contribution in [2.24, 2.45) is 0 Å². The van der Waals surface area contributed by atoms with Crippen LogP contribution >= 0.6 is 12.2 Å². The summed E-state index contributed by atoms with van der Waals surface area (Å²) in [5.74, 6) is 0. The fourth-order valence-electron chi connectivity index (χ4n) is 0.639. The Morgan fingerprint density at radius 1 is 1.27 bits per heavy atom. The Morgan fingerprint density at radius 3 is 2.27 bits per heavy atom. The molecule has 0 heterocycles. The maximum atomic E-state index is 4.68. The molecule has 0 saturated carbocycles. The Morgan fingerprint density at radius 2 is 1.82 bits per heavy atom. The molecule has 1 rings (SSSR count). The summed E-state index contributed by atoms with van der Waals surface area (Å²) in [7, 11) is 0. The van der Waals surface area contributed by atoms with Crippen LogP contribution in [0.1, 0.15) is 0 Å². The van der Waals surface area contributed by atoms with Crippen molar-refractivity contribution >= 4 is 34.9 Å². The molecule has 0 aliphatic heterocycles. The SMILES string of the molecule is S=C([S-])Nc1ccccc1.[Na+]. The van der Waals surface area contributed by atoms with Crippen LogP contribution in [-0.2, 0) is 12.6 Å². The summed E-state index contributed by atoms with van der Waals surface area (Å²) in [6.45, 7) is 0. The van der Waals surface area contributed by atoms with Gasteiger partial charge in [0.1, 0.15) is 0 Å². The number of hydrogen-bond donors (Lipinski definition) is 1. The number of thiocarbonyl (C=S) groups is 1. The smallest absolute Gasteiger partial charge is 0.411 e. The first-order valence-electron chi connectivity index (χ1n) is 2.82. The molecule has 1 aromatic carbocycles. The third kappa shape index (κ3) is 4.71. The largest absolute Gasteiger partial charge is 1.00 e. The summed E-state index contributed by atoms with van der Waals surface area (Å²) in [5.41, 5.74) is 0.947. The van der Waals surface area contributed by atoms with Gasteiger partial charge in [0.25, 0.3) is 0 Å². The van der Waals surface area contributed by atoms with E-state index in [4.69, 9.17) is 0 Å². The quantitative estimate of drug-likeness (QED) is 0.345. The fourth-order valence-corrected chi connectivity index (χ4v) is 0.875. The van der Waals surface area contributed by atoms with Crippen molar-refractivity contribution in [2.45, 2.75) is 0 Å². The van der Waals surface area contributed by atoms with Crippen molar-refractivity contribution in [1.82, 2.24) is 0 Å². The monoisotopic (exact) mass is 191 g/mol. The van der Waals surface area contributed by atoms with E-state index in [0.717, 1.165) is 5.69 Å². The van der Waals surface area contributed by atoms with Gasteiger partial charge in [-0.1, -0.05) is 22.5 Å². The van der Waals surface area contributed by atoms with Gasteiger partial charge in [0, 0.05) is 5.69 Å². The van der Waals surface area contributed by atoms with Crippen LogP contribution in [0.4, 0.5) is 5.69 Å². The number of para-hydroxylation sites is 1. The van der Waals surface area contributed by atoms with Gasteiger partial charge in [-0.2, -0.15) is 0 Å². The topological polar surface area (TPSA) is 12.0 Å². The van der Waals surface area contributed by atoms with Crippen molar-refractivity contribution < 1.29 is 29.6 Å². The van der Waals surface area contributed by atoms with Crippen LogP contribution in [0.3, 0.4) is 0 Å². The minimum Gasteiger partial charge on any atom is -0.411 e. The zero-order valence-electron chi connectivity index (χ0n) is 6.20. The molecular weight excluding hydrogens is 185 g/mol. The van der Waals surface area contributed by atoms with E-state index in [1.807, 2.05) is 30.3 Å². The van der Waals surface area contributed by atoms with Crippen molar-refractivity contribution in [2.75, 3.05) is 5.32 Å².